The highest BCUT2D eigenvalue weighted by atomic mass is 79.9. The summed E-state index contributed by atoms with van der Waals surface area (Å²) in [4.78, 5) is 11.9. The molecule has 0 saturated carbocycles. The second-order valence-electron chi connectivity index (χ2n) is 4.18. The van der Waals surface area contributed by atoms with E-state index in [1.807, 2.05) is 13.8 Å². The molecule has 0 saturated heterocycles. The van der Waals surface area contributed by atoms with Gasteiger partial charge in [-0.3, -0.25) is 4.79 Å². The van der Waals surface area contributed by atoms with Crippen molar-refractivity contribution >= 4 is 21.8 Å². The molecular formula is C12H16BrNO3. The predicted octanol–water partition coefficient (Wildman–Crippen LogP) is 2.25. The Labute approximate surface area is 109 Å². The third kappa shape index (κ3) is 3.63. The number of benzene rings is 1. The lowest BCUT2D eigenvalue weighted by molar-refractivity contribution is 0.0929. The first-order valence-electron chi connectivity index (χ1n) is 5.34. The van der Waals surface area contributed by atoms with Crippen LogP contribution in [0.25, 0.3) is 0 Å². The summed E-state index contributed by atoms with van der Waals surface area (Å²) in [6.07, 6.45) is 0. The van der Waals surface area contributed by atoms with E-state index < -0.39 is 0 Å². The SMILES string of the molecule is CC(C)C(CBr)NC(=O)c1ccc(O)cc1O. The molecule has 5 heteroatoms. The number of nitrogens with one attached hydrogen (secondary N) is 1. The summed E-state index contributed by atoms with van der Waals surface area (Å²) >= 11 is 3.33. The molecule has 0 bridgehead atoms. The third-order valence-corrected chi connectivity index (χ3v) is 3.21. The zero-order valence-electron chi connectivity index (χ0n) is 9.77. The summed E-state index contributed by atoms with van der Waals surface area (Å²) in [5.74, 6) is -0.349. The second-order valence-corrected chi connectivity index (χ2v) is 4.83. The summed E-state index contributed by atoms with van der Waals surface area (Å²) in [6.45, 7) is 4.01. The molecule has 1 aromatic carbocycles. The number of halogens is 1. The highest BCUT2D eigenvalue weighted by molar-refractivity contribution is 9.09. The van der Waals surface area contributed by atoms with E-state index in [1.54, 1.807) is 0 Å². The Morgan fingerprint density at radius 2 is 2.06 bits per heavy atom. The van der Waals surface area contributed by atoms with Crippen molar-refractivity contribution in [2.75, 3.05) is 5.33 Å². The summed E-state index contributed by atoms with van der Waals surface area (Å²) in [6, 6.07) is 3.90. The van der Waals surface area contributed by atoms with Crippen molar-refractivity contribution in [3.05, 3.63) is 23.8 Å². The van der Waals surface area contributed by atoms with Crippen molar-refractivity contribution in [3.63, 3.8) is 0 Å². The number of alkyl halides is 1. The fraction of sp³-hybridized carbons (Fsp3) is 0.417. The molecule has 0 aromatic heterocycles. The molecule has 1 rings (SSSR count). The number of rotatable bonds is 4. The Kier molecular flexibility index (Phi) is 4.81. The number of carbonyl (C=O) groups excluding carboxylic acids is 1. The second kappa shape index (κ2) is 5.91. The number of amides is 1. The van der Waals surface area contributed by atoms with Crippen molar-refractivity contribution in [3.8, 4) is 11.5 Å². The van der Waals surface area contributed by atoms with Gasteiger partial charge in [0.2, 0.25) is 0 Å². The summed E-state index contributed by atoms with van der Waals surface area (Å²) in [7, 11) is 0. The maximum absolute atomic E-state index is 11.9. The molecule has 1 aromatic rings. The maximum atomic E-state index is 11.9. The van der Waals surface area contributed by atoms with Crippen molar-refractivity contribution in [2.45, 2.75) is 19.9 Å². The number of carbonyl (C=O) groups is 1. The molecule has 0 heterocycles. The molecular weight excluding hydrogens is 286 g/mol. The zero-order chi connectivity index (χ0) is 13.0. The largest absolute Gasteiger partial charge is 0.508 e. The quantitative estimate of drug-likeness (QED) is 0.747. The zero-order valence-corrected chi connectivity index (χ0v) is 11.4. The molecule has 0 spiro atoms. The van der Waals surface area contributed by atoms with Gasteiger partial charge in [0.1, 0.15) is 11.5 Å². The molecule has 1 atom stereocenters. The molecule has 1 amide bonds. The minimum atomic E-state index is -0.347. The molecule has 94 valence electrons. The Hall–Kier alpha value is -1.23. The van der Waals surface area contributed by atoms with Gasteiger partial charge >= 0.3 is 0 Å². The van der Waals surface area contributed by atoms with E-state index >= 15 is 0 Å². The van der Waals surface area contributed by atoms with Gasteiger partial charge in [-0.05, 0) is 18.1 Å². The van der Waals surface area contributed by atoms with E-state index in [2.05, 4.69) is 21.2 Å². The lowest BCUT2D eigenvalue weighted by Crippen LogP contribution is -2.39. The number of aromatic hydroxyl groups is 2. The highest BCUT2D eigenvalue weighted by Gasteiger charge is 2.18. The van der Waals surface area contributed by atoms with Gasteiger partial charge in [0.25, 0.3) is 5.91 Å². The van der Waals surface area contributed by atoms with Crippen LogP contribution in [-0.4, -0.2) is 27.5 Å². The molecule has 4 nitrogen and oxygen atoms in total. The first-order valence-corrected chi connectivity index (χ1v) is 6.46. The van der Waals surface area contributed by atoms with Gasteiger partial charge in [-0.15, -0.1) is 0 Å². The van der Waals surface area contributed by atoms with Crippen LogP contribution in [-0.2, 0) is 0 Å². The van der Waals surface area contributed by atoms with Crippen molar-refractivity contribution in [2.24, 2.45) is 5.92 Å². The normalized spacial score (nSPS) is 12.5. The van der Waals surface area contributed by atoms with Crippen molar-refractivity contribution in [1.82, 2.24) is 5.32 Å². The number of phenols is 2. The Morgan fingerprint density at radius 3 is 2.53 bits per heavy atom. The van der Waals surface area contributed by atoms with Crippen LogP contribution >= 0.6 is 15.9 Å². The van der Waals surface area contributed by atoms with Gasteiger partial charge < -0.3 is 15.5 Å². The van der Waals surface area contributed by atoms with Gasteiger partial charge in [0.15, 0.2) is 0 Å². The van der Waals surface area contributed by atoms with Crippen LogP contribution in [0.5, 0.6) is 11.5 Å². The average molecular weight is 302 g/mol. The summed E-state index contributed by atoms with van der Waals surface area (Å²) in [5, 5.41) is 22.2. The molecule has 0 aliphatic heterocycles. The fourth-order valence-electron chi connectivity index (χ4n) is 1.34. The van der Waals surface area contributed by atoms with E-state index in [4.69, 9.17) is 5.11 Å². The van der Waals surface area contributed by atoms with Gasteiger partial charge in [-0.2, -0.15) is 0 Å². The van der Waals surface area contributed by atoms with Crippen LogP contribution < -0.4 is 5.32 Å². The van der Waals surface area contributed by atoms with Crippen LogP contribution in [0.2, 0.25) is 0 Å². The van der Waals surface area contributed by atoms with Gasteiger partial charge in [-0.1, -0.05) is 29.8 Å². The summed E-state index contributed by atoms with van der Waals surface area (Å²) in [5.41, 5.74) is 0.161. The predicted molar refractivity (Wildman–Crippen MR) is 69.7 cm³/mol. The molecule has 0 radical (unpaired) electrons. The lowest BCUT2D eigenvalue weighted by atomic mass is 10.1. The minimum Gasteiger partial charge on any atom is -0.508 e. The third-order valence-electron chi connectivity index (χ3n) is 2.51. The van der Waals surface area contributed by atoms with Crippen molar-refractivity contribution in [1.29, 1.82) is 0 Å². The monoisotopic (exact) mass is 301 g/mol. The summed E-state index contributed by atoms with van der Waals surface area (Å²) < 4.78 is 0. The van der Waals surface area contributed by atoms with Crippen LogP contribution in [0.1, 0.15) is 24.2 Å². The van der Waals surface area contributed by atoms with Gasteiger partial charge in [0.05, 0.1) is 5.56 Å². The first-order chi connectivity index (χ1) is 7.95. The minimum absolute atomic E-state index is 0.00398. The fourth-order valence-corrected chi connectivity index (χ4v) is 2.25. The molecule has 17 heavy (non-hydrogen) atoms. The van der Waals surface area contributed by atoms with E-state index in [1.165, 1.54) is 12.1 Å². The molecule has 0 fully saturated rings. The number of hydrogen-bond donors (Lipinski definition) is 3. The van der Waals surface area contributed by atoms with E-state index in [0.29, 0.717) is 5.33 Å². The number of hydrogen-bond acceptors (Lipinski definition) is 3. The molecule has 1 unspecified atom stereocenters. The maximum Gasteiger partial charge on any atom is 0.255 e. The van der Waals surface area contributed by atoms with Crippen LogP contribution in [0.4, 0.5) is 0 Å². The standard InChI is InChI=1S/C12H16BrNO3/c1-7(2)10(6-13)14-12(17)9-4-3-8(15)5-11(9)16/h3-5,7,10,15-16H,6H2,1-2H3,(H,14,17). The van der Waals surface area contributed by atoms with Crippen LogP contribution in [0.3, 0.4) is 0 Å². The van der Waals surface area contributed by atoms with Gasteiger partial charge in [-0.25, -0.2) is 0 Å². The highest BCUT2D eigenvalue weighted by Crippen LogP contribution is 2.22. The van der Waals surface area contributed by atoms with E-state index in [0.717, 1.165) is 6.07 Å². The smallest absolute Gasteiger partial charge is 0.255 e. The van der Waals surface area contributed by atoms with E-state index in [-0.39, 0.29) is 34.9 Å². The lowest BCUT2D eigenvalue weighted by Gasteiger charge is -2.20. The molecule has 0 aliphatic rings. The topological polar surface area (TPSA) is 69.6 Å². The number of phenolic OH excluding ortho intramolecular Hbond substituents is 2. The molecule has 0 aliphatic carbocycles. The Bertz CT molecular complexity index is 407. The Balaban J connectivity index is 2.82. The van der Waals surface area contributed by atoms with Crippen LogP contribution in [0, 0.1) is 5.92 Å². The average Bonchev–Trinajstić information content (AvgIpc) is 2.24. The van der Waals surface area contributed by atoms with E-state index in [9.17, 15) is 9.90 Å². The van der Waals surface area contributed by atoms with Crippen molar-refractivity contribution < 1.29 is 15.0 Å². The van der Waals surface area contributed by atoms with Crippen LogP contribution in [0.15, 0.2) is 18.2 Å². The molecule has 3 N–H and O–H groups in total. The first kappa shape index (κ1) is 13.8. The van der Waals surface area contributed by atoms with Gasteiger partial charge in [0, 0.05) is 17.4 Å². The Morgan fingerprint density at radius 1 is 1.41 bits per heavy atom.